The first-order chi connectivity index (χ1) is 12.7. The Bertz CT molecular complexity index is 887. The van der Waals surface area contributed by atoms with Crippen molar-refractivity contribution in [1.82, 2.24) is 14.5 Å². The molecule has 26 heavy (non-hydrogen) atoms. The van der Waals surface area contributed by atoms with E-state index < -0.39 is 0 Å². The van der Waals surface area contributed by atoms with Crippen molar-refractivity contribution in [1.29, 1.82) is 0 Å². The van der Waals surface area contributed by atoms with Crippen molar-refractivity contribution >= 4 is 22.6 Å². The number of fused-ring (bicyclic) bond motifs is 1. The van der Waals surface area contributed by atoms with Crippen LogP contribution in [0.2, 0.25) is 0 Å². The lowest BCUT2D eigenvalue weighted by Gasteiger charge is -2.26. The Morgan fingerprint density at radius 2 is 2.08 bits per heavy atom. The van der Waals surface area contributed by atoms with Gasteiger partial charge in [0.2, 0.25) is 0 Å². The topological polar surface area (TPSA) is 64.2 Å². The van der Waals surface area contributed by atoms with Gasteiger partial charge in [-0.05, 0) is 43.9 Å². The second-order valence-corrected chi connectivity index (χ2v) is 7.40. The quantitative estimate of drug-likeness (QED) is 0.922. The minimum Gasteiger partial charge on any atom is -0.339 e. The average molecular weight is 350 g/mol. The fourth-order valence-electron chi connectivity index (χ4n) is 4.03. The first-order valence-electron chi connectivity index (χ1n) is 9.54. The molecule has 3 heterocycles. The maximum Gasteiger partial charge on any atom is 0.255 e. The van der Waals surface area contributed by atoms with E-state index in [0.29, 0.717) is 18.0 Å². The van der Waals surface area contributed by atoms with E-state index in [4.69, 9.17) is 5.73 Å². The van der Waals surface area contributed by atoms with Crippen molar-refractivity contribution in [3.8, 4) is 0 Å². The molecule has 1 aliphatic carbocycles. The minimum atomic E-state index is 0.104. The summed E-state index contributed by atoms with van der Waals surface area (Å²) in [5.41, 5.74) is 9.87. The number of piperidine rings is 1. The molecule has 2 aliphatic rings. The number of aromatic nitrogens is 2. The van der Waals surface area contributed by atoms with Crippen LogP contribution in [0.15, 0.2) is 42.3 Å². The zero-order chi connectivity index (χ0) is 18.1. The molecule has 4 rings (SSSR count). The zero-order valence-corrected chi connectivity index (χ0v) is 15.3. The van der Waals surface area contributed by atoms with Gasteiger partial charge in [-0.15, -0.1) is 0 Å². The first kappa shape index (κ1) is 17.0. The molecule has 2 aromatic rings. The monoisotopic (exact) mass is 350 g/mol. The van der Waals surface area contributed by atoms with E-state index >= 15 is 0 Å². The molecule has 0 bridgehead atoms. The Hall–Kier alpha value is -2.40. The van der Waals surface area contributed by atoms with Gasteiger partial charge in [-0.2, -0.15) is 0 Å². The third-order valence-corrected chi connectivity index (χ3v) is 5.52. The standard InChI is InChI=1S/C21H26N4O/c1-15-11-16(13-22)5-6-19(15)25-10-7-17-12-18(14-23-20(17)25)21(26)24-8-3-2-4-9-24/h5-7,10,12,14-15H,2-4,8-9,11,13,22H2,1H3. The lowest BCUT2D eigenvalue weighted by molar-refractivity contribution is 0.0724. The SMILES string of the molecule is CC1CC(CN)=CC=C1n1ccc2cc(C(=O)N3CCCCC3)cnc21. The summed E-state index contributed by atoms with van der Waals surface area (Å²) >= 11 is 0. The van der Waals surface area contributed by atoms with Crippen LogP contribution in [0.1, 0.15) is 43.0 Å². The molecular formula is C21H26N4O. The molecule has 1 unspecified atom stereocenters. The molecular weight excluding hydrogens is 324 g/mol. The van der Waals surface area contributed by atoms with Crippen LogP contribution in [0.25, 0.3) is 16.7 Å². The number of likely N-dealkylation sites (tertiary alicyclic amines) is 1. The number of amides is 1. The smallest absolute Gasteiger partial charge is 0.255 e. The highest BCUT2D eigenvalue weighted by Crippen LogP contribution is 2.30. The molecule has 1 aliphatic heterocycles. The van der Waals surface area contributed by atoms with Crippen LogP contribution in [0.4, 0.5) is 0 Å². The van der Waals surface area contributed by atoms with E-state index in [1.54, 1.807) is 6.20 Å². The summed E-state index contributed by atoms with van der Waals surface area (Å²) in [5.74, 6) is 0.498. The molecule has 136 valence electrons. The Labute approximate surface area is 154 Å². The molecule has 2 N–H and O–H groups in total. The molecule has 0 saturated carbocycles. The number of carbonyl (C=O) groups is 1. The van der Waals surface area contributed by atoms with Crippen molar-refractivity contribution in [2.45, 2.75) is 32.6 Å². The predicted octanol–water partition coefficient (Wildman–Crippen LogP) is 3.43. The van der Waals surface area contributed by atoms with Crippen molar-refractivity contribution in [3.63, 3.8) is 0 Å². The van der Waals surface area contributed by atoms with E-state index in [-0.39, 0.29) is 5.91 Å². The molecule has 1 saturated heterocycles. The van der Waals surface area contributed by atoms with Gasteiger partial charge in [0.25, 0.3) is 5.91 Å². The fourth-order valence-corrected chi connectivity index (χ4v) is 4.03. The highest BCUT2D eigenvalue weighted by molar-refractivity contribution is 5.97. The van der Waals surface area contributed by atoms with Gasteiger partial charge in [-0.25, -0.2) is 4.98 Å². The molecule has 2 aromatic heterocycles. The van der Waals surface area contributed by atoms with Gasteiger partial charge in [-0.1, -0.05) is 18.6 Å². The predicted molar refractivity (Wildman–Crippen MR) is 105 cm³/mol. The molecule has 0 aromatic carbocycles. The number of rotatable bonds is 3. The van der Waals surface area contributed by atoms with Crippen LogP contribution in [-0.4, -0.2) is 40.0 Å². The highest BCUT2D eigenvalue weighted by Gasteiger charge is 2.21. The van der Waals surface area contributed by atoms with E-state index in [0.717, 1.165) is 43.4 Å². The summed E-state index contributed by atoms with van der Waals surface area (Å²) in [4.78, 5) is 19.3. The molecule has 0 radical (unpaired) electrons. The lowest BCUT2D eigenvalue weighted by Crippen LogP contribution is -2.35. The third kappa shape index (κ3) is 3.07. The van der Waals surface area contributed by atoms with Gasteiger partial charge in [0.15, 0.2) is 0 Å². The second kappa shape index (κ2) is 7.08. The van der Waals surface area contributed by atoms with Gasteiger partial charge >= 0.3 is 0 Å². The van der Waals surface area contributed by atoms with E-state index in [1.807, 2.05) is 17.0 Å². The Morgan fingerprint density at radius 3 is 2.81 bits per heavy atom. The van der Waals surface area contributed by atoms with Crippen LogP contribution >= 0.6 is 0 Å². The second-order valence-electron chi connectivity index (χ2n) is 7.40. The number of allylic oxidation sites excluding steroid dienone is 3. The van der Waals surface area contributed by atoms with E-state index in [2.05, 4.69) is 34.8 Å². The van der Waals surface area contributed by atoms with Crippen molar-refractivity contribution < 1.29 is 4.79 Å². The zero-order valence-electron chi connectivity index (χ0n) is 15.3. The average Bonchev–Trinajstić information content (AvgIpc) is 3.11. The van der Waals surface area contributed by atoms with Crippen LogP contribution in [0, 0.1) is 5.92 Å². The van der Waals surface area contributed by atoms with Gasteiger partial charge < -0.3 is 15.2 Å². The molecule has 0 spiro atoms. The molecule has 1 amide bonds. The van der Waals surface area contributed by atoms with Gasteiger partial charge in [0.1, 0.15) is 5.65 Å². The number of pyridine rings is 1. The van der Waals surface area contributed by atoms with Gasteiger partial charge in [0, 0.05) is 49.0 Å². The summed E-state index contributed by atoms with van der Waals surface area (Å²) in [6.07, 6.45) is 12.4. The Kier molecular flexibility index (Phi) is 4.64. The normalized spacial score (nSPS) is 20.8. The lowest BCUT2D eigenvalue weighted by atomic mass is 9.92. The number of carbonyl (C=O) groups excluding carboxylic acids is 1. The van der Waals surface area contributed by atoms with Gasteiger partial charge in [-0.3, -0.25) is 4.79 Å². The summed E-state index contributed by atoms with van der Waals surface area (Å²) < 4.78 is 2.14. The molecule has 1 fully saturated rings. The van der Waals surface area contributed by atoms with Crippen LogP contribution < -0.4 is 5.73 Å². The van der Waals surface area contributed by atoms with E-state index in [9.17, 15) is 4.79 Å². The third-order valence-electron chi connectivity index (χ3n) is 5.52. The number of hydrogen-bond donors (Lipinski definition) is 1. The Balaban J connectivity index is 1.65. The largest absolute Gasteiger partial charge is 0.339 e. The maximum absolute atomic E-state index is 12.7. The van der Waals surface area contributed by atoms with Crippen LogP contribution in [-0.2, 0) is 0 Å². The number of hydrogen-bond acceptors (Lipinski definition) is 3. The molecule has 1 atom stereocenters. The van der Waals surface area contributed by atoms with Crippen LogP contribution in [0.3, 0.4) is 0 Å². The maximum atomic E-state index is 12.7. The summed E-state index contributed by atoms with van der Waals surface area (Å²) in [7, 11) is 0. The van der Waals surface area contributed by atoms with Gasteiger partial charge in [0.05, 0.1) is 5.56 Å². The minimum absolute atomic E-state index is 0.104. The summed E-state index contributed by atoms with van der Waals surface area (Å²) in [5, 5.41) is 1.01. The van der Waals surface area contributed by atoms with Crippen LogP contribution in [0.5, 0.6) is 0 Å². The molecule has 5 heteroatoms. The van der Waals surface area contributed by atoms with E-state index in [1.165, 1.54) is 17.7 Å². The van der Waals surface area contributed by atoms with Crippen molar-refractivity contribution in [2.24, 2.45) is 11.7 Å². The Morgan fingerprint density at radius 1 is 1.27 bits per heavy atom. The van der Waals surface area contributed by atoms with Crippen molar-refractivity contribution in [3.05, 3.63) is 47.8 Å². The number of nitrogens with zero attached hydrogens (tertiary/aromatic N) is 3. The van der Waals surface area contributed by atoms with Crippen molar-refractivity contribution in [2.75, 3.05) is 19.6 Å². The summed E-state index contributed by atoms with van der Waals surface area (Å²) in [6.45, 7) is 4.55. The first-order valence-corrected chi connectivity index (χ1v) is 9.54. The molecule has 5 nitrogen and oxygen atoms in total. The summed E-state index contributed by atoms with van der Waals surface area (Å²) in [6, 6.07) is 4.02. The number of nitrogens with two attached hydrogens (primary N) is 1. The fraction of sp³-hybridized carbons (Fsp3) is 0.429. The highest BCUT2D eigenvalue weighted by atomic mass is 16.2.